The molecule has 2 aromatic carbocycles. The quantitative estimate of drug-likeness (QED) is 0.513. The first kappa shape index (κ1) is 9.65. The molecule has 0 spiro atoms. The number of furan rings is 1. The zero-order valence-corrected chi connectivity index (χ0v) is 8.58. The number of phenols is 1. The van der Waals surface area contributed by atoms with Crippen LogP contribution in [-0.4, -0.2) is 10.0 Å². The molecular weight excluding hydrogens is 222 g/mol. The zero-order chi connectivity index (χ0) is 12.0. The SMILES string of the molecule is O=[N+]([O-])c1ccc2c(c1)oc1cc(O)ccc12. The van der Waals surface area contributed by atoms with E-state index in [1.54, 1.807) is 18.2 Å². The third-order valence-corrected chi connectivity index (χ3v) is 2.65. The van der Waals surface area contributed by atoms with Crippen LogP contribution in [0.15, 0.2) is 40.8 Å². The van der Waals surface area contributed by atoms with E-state index in [0.29, 0.717) is 11.2 Å². The number of nitro benzene ring substituents is 1. The Morgan fingerprint density at radius 3 is 2.41 bits per heavy atom. The average molecular weight is 229 g/mol. The molecule has 3 aromatic rings. The maximum absolute atomic E-state index is 10.6. The summed E-state index contributed by atoms with van der Waals surface area (Å²) >= 11 is 0. The van der Waals surface area contributed by atoms with Gasteiger partial charge in [-0.2, -0.15) is 0 Å². The van der Waals surface area contributed by atoms with Crippen molar-refractivity contribution in [2.45, 2.75) is 0 Å². The van der Waals surface area contributed by atoms with Gasteiger partial charge in [0.15, 0.2) is 0 Å². The van der Waals surface area contributed by atoms with Crippen molar-refractivity contribution in [3.8, 4) is 5.75 Å². The van der Waals surface area contributed by atoms with Gasteiger partial charge in [-0.25, -0.2) is 0 Å². The van der Waals surface area contributed by atoms with E-state index in [2.05, 4.69) is 0 Å². The fraction of sp³-hybridized carbons (Fsp3) is 0. The summed E-state index contributed by atoms with van der Waals surface area (Å²) in [5, 5.41) is 21.6. The van der Waals surface area contributed by atoms with Gasteiger partial charge in [-0.3, -0.25) is 10.1 Å². The summed E-state index contributed by atoms with van der Waals surface area (Å²) in [6, 6.07) is 9.23. The van der Waals surface area contributed by atoms with Crippen molar-refractivity contribution in [1.82, 2.24) is 0 Å². The number of phenolic OH excluding ortho intramolecular Hbond substituents is 1. The first-order chi connectivity index (χ1) is 8.15. The highest BCUT2D eigenvalue weighted by Gasteiger charge is 2.12. The normalized spacial score (nSPS) is 11.1. The van der Waals surface area contributed by atoms with Gasteiger partial charge in [-0.15, -0.1) is 0 Å². The summed E-state index contributed by atoms with van der Waals surface area (Å²) in [5.74, 6) is 0.103. The molecular formula is C12H7NO4. The lowest BCUT2D eigenvalue weighted by Crippen LogP contribution is -1.85. The Bertz CT molecular complexity index is 745. The van der Waals surface area contributed by atoms with Gasteiger partial charge in [0, 0.05) is 22.9 Å². The molecule has 1 N–H and O–H groups in total. The highest BCUT2D eigenvalue weighted by molar-refractivity contribution is 6.05. The number of nitrogens with zero attached hydrogens (tertiary/aromatic N) is 1. The molecule has 0 atom stereocenters. The topological polar surface area (TPSA) is 76.5 Å². The molecule has 0 amide bonds. The Morgan fingerprint density at radius 2 is 1.71 bits per heavy atom. The number of hydrogen-bond donors (Lipinski definition) is 1. The fourth-order valence-electron chi connectivity index (χ4n) is 1.87. The zero-order valence-electron chi connectivity index (χ0n) is 8.58. The Morgan fingerprint density at radius 1 is 1.06 bits per heavy atom. The van der Waals surface area contributed by atoms with Crippen LogP contribution in [0, 0.1) is 10.1 Å². The van der Waals surface area contributed by atoms with Crippen molar-refractivity contribution in [3.05, 3.63) is 46.5 Å². The third kappa shape index (κ3) is 1.40. The van der Waals surface area contributed by atoms with E-state index < -0.39 is 4.92 Å². The molecule has 0 bridgehead atoms. The fourth-order valence-corrected chi connectivity index (χ4v) is 1.87. The molecule has 0 aliphatic heterocycles. The van der Waals surface area contributed by atoms with Crippen LogP contribution in [0.2, 0.25) is 0 Å². The minimum Gasteiger partial charge on any atom is -0.508 e. The number of hydrogen-bond acceptors (Lipinski definition) is 4. The molecule has 0 aliphatic carbocycles. The smallest absolute Gasteiger partial charge is 0.273 e. The summed E-state index contributed by atoms with van der Waals surface area (Å²) < 4.78 is 5.46. The molecule has 84 valence electrons. The molecule has 0 aliphatic rings. The summed E-state index contributed by atoms with van der Waals surface area (Å²) in [4.78, 5) is 10.2. The van der Waals surface area contributed by atoms with Gasteiger partial charge in [0.2, 0.25) is 0 Å². The van der Waals surface area contributed by atoms with Gasteiger partial charge in [0.05, 0.1) is 11.0 Å². The minimum absolute atomic E-state index is 0.0132. The van der Waals surface area contributed by atoms with E-state index in [1.165, 1.54) is 18.2 Å². The van der Waals surface area contributed by atoms with Crippen molar-refractivity contribution in [2.24, 2.45) is 0 Å². The summed E-state index contributed by atoms with van der Waals surface area (Å²) in [6.45, 7) is 0. The molecule has 1 aromatic heterocycles. The van der Waals surface area contributed by atoms with Gasteiger partial charge in [0.25, 0.3) is 5.69 Å². The second-order valence-corrected chi connectivity index (χ2v) is 3.72. The van der Waals surface area contributed by atoms with Crippen LogP contribution in [0.5, 0.6) is 5.75 Å². The predicted octanol–water partition coefficient (Wildman–Crippen LogP) is 3.20. The third-order valence-electron chi connectivity index (χ3n) is 2.65. The Balaban J connectivity index is 2.38. The number of nitro groups is 1. The van der Waals surface area contributed by atoms with Crippen molar-refractivity contribution < 1.29 is 14.4 Å². The molecule has 0 saturated carbocycles. The maximum Gasteiger partial charge on any atom is 0.273 e. The van der Waals surface area contributed by atoms with E-state index in [4.69, 9.17) is 4.42 Å². The second-order valence-electron chi connectivity index (χ2n) is 3.72. The second kappa shape index (κ2) is 3.21. The van der Waals surface area contributed by atoms with Crippen LogP contribution in [0.25, 0.3) is 21.9 Å². The van der Waals surface area contributed by atoms with Gasteiger partial charge in [-0.1, -0.05) is 0 Å². The molecule has 0 unspecified atom stereocenters. The van der Waals surface area contributed by atoms with Crippen LogP contribution in [0.4, 0.5) is 5.69 Å². The average Bonchev–Trinajstić information content (AvgIpc) is 2.64. The van der Waals surface area contributed by atoms with Crippen molar-refractivity contribution in [1.29, 1.82) is 0 Å². The molecule has 3 rings (SSSR count). The maximum atomic E-state index is 10.6. The summed E-state index contributed by atoms with van der Waals surface area (Å²) in [7, 11) is 0. The summed E-state index contributed by atoms with van der Waals surface area (Å²) in [6.07, 6.45) is 0. The van der Waals surface area contributed by atoms with Crippen LogP contribution in [-0.2, 0) is 0 Å². The lowest BCUT2D eigenvalue weighted by molar-refractivity contribution is -0.384. The molecule has 1 heterocycles. The first-order valence-electron chi connectivity index (χ1n) is 4.95. The van der Waals surface area contributed by atoms with E-state index >= 15 is 0 Å². The van der Waals surface area contributed by atoms with E-state index in [0.717, 1.165) is 10.8 Å². The molecule has 5 heteroatoms. The lowest BCUT2D eigenvalue weighted by atomic mass is 10.1. The van der Waals surface area contributed by atoms with Crippen LogP contribution in [0.1, 0.15) is 0 Å². The lowest BCUT2D eigenvalue weighted by Gasteiger charge is -1.91. The van der Waals surface area contributed by atoms with E-state index in [1.807, 2.05) is 0 Å². The van der Waals surface area contributed by atoms with E-state index in [-0.39, 0.29) is 11.4 Å². The van der Waals surface area contributed by atoms with Crippen LogP contribution < -0.4 is 0 Å². The van der Waals surface area contributed by atoms with Gasteiger partial charge in [-0.05, 0) is 18.2 Å². The standard InChI is InChI=1S/C12H7NO4/c14-8-2-4-10-9-3-1-7(13(15)16)5-11(9)17-12(10)6-8/h1-6,14H. The van der Waals surface area contributed by atoms with Gasteiger partial charge in [0.1, 0.15) is 16.9 Å². The molecule has 5 nitrogen and oxygen atoms in total. The Hall–Kier alpha value is -2.56. The number of aromatic hydroxyl groups is 1. The predicted molar refractivity (Wildman–Crippen MR) is 62.0 cm³/mol. The first-order valence-corrected chi connectivity index (χ1v) is 4.95. The molecule has 0 fully saturated rings. The van der Waals surface area contributed by atoms with Crippen molar-refractivity contribution in [3.63, 3.8) is 0 Å². The van der Waals surface area contributed by atoms with Crippen molar-refractivity contribution >= 4 is 27.6 Å². The number of fused-ring (bicyclic) bond motifs is 3. The number of benzene rings is 2. The largest absolute Gasteiger partial charge is 0.508 e. The molecule has 0 saturated heterocycles. The monoisotopic (exact) mass is 229 g/mol. The Labute approximate surface area is 95.0 Å². The van der Waals surface area contributed by atoms with E-state index in [9.17, 15) is 15.2 Å². The molecule has 0 radical (unpaired) electrons. The van der Waals surface area contributed by atoms with Crippen LogP contribution in [0.3, 0.4) is 0 Å². The van der Waals surface area contributed by atoms with Crippen LogP contribution >= 0.6 is 0 Å². The molecule has 17 heavy (non-hydrogen) atoms. The van der Waals surface area contributed by atoms with Gasteiger partial charge >= 0.3 is 0 Å². The minimum atomic E-state index is -0.468. The Kier molecular flexibility index (Phi) is 1.82. The number of rotatable bonds is 1. The van der Waals surface area contributed by atoms with Gasteiger partial charge < -0.3 is 9.52 Å². The number of non-ortho nitro benzene ring substituents is 1. The highest BCUT2D eigenvalue weighted by atomic mass is 16.6. The van der Waals surface area contributed by atoms with Crippen molar-refractivity contribution in [2.75, 3.05) is 0 Å². The highest BCUT2D eigenvalue weighted by Crippen LogP contribution is 2.32. The summed E-state index contributed by atoms with van der Waals surface area (Å²) in [5.41, 5.74) is 0.945.